The number of hydrazone groups is 1. The zero-order valence-electron chi connectivity index (χ0n) is 7.80. The van der Waals surface area contributed by atoms with E-state index in [9.17, 15) is 4.79 Å². The highest BCUT2D eigenvalue weighted by atomic mass is 32.2. The molecule has 1 N–H and O–H groups in total. The second-order valence-corrected chi connectivity index (χ2v) is 4.21. The van der Waals surface area contributed by atoms with E-state index in [1.165, 1.54) is 4.90 Å². The van der Waals surface area contributed by atoms with E-state index in [4.69, 9.17) is 5.11 Å². The molecular weight excluding hydrogens is 202 g/mol. The average molecular weight is 215 g/mol. The zero-order valence-corrected chi connectivity index (χ0v) is 8.61. The molecule has 1 fully saturated rings. The molecule has 0 radical (unpaired) electrons. The molecule has 0 saturated carbocycles. The molecule has 1 unspecified atom stereocenters. The fraction of sp³-hybridized carbons (Fsp3) is 0.750. The molecule has 2 aliphatic heterocycles. The van der Waals surface area contributed by atoms with Gasteiger partial charge in [0.1, 0.15) is 6.17 Å². The lowest BCUT2D eigenvalue weighted by Gasteiger charge is -2.37. The number of amides is 1. The predicted molar refractivity (Wildman–Crippen MR) is 55.2 cm³/mol. The Kier molecular flexibility index (Phi) is 2.81. The van der Waals surface area contributed by atoms with Crippen molar-refractivity contribution in [3.63, 3.8) is 0 Å². The molecule has 1 atom stereocenters. The van der Waals surface area contributed by atoms with Gasteiger partial charge in [-0.1, -0.05) is 11.8 Å². The highest BCUT2D eigenvalue weighted by Crippen LogP contribution is 2.24. The van der Waals surface area contributed by atoms with Crippen LogP contribution in [-0.2, 0) is 0 Å². The molecule has 5 nitrogen and oxygen atoms in total. The highest BCUT2D eigenvalue weighted by molar-refractivity contribution is 8.12. The van der Waals surface area contributed by atoms with Crippen molar-refractivity contribution < 1.29 is 9.90 Å². The lowest BCUT2D eigenvalue weighted by molar-refractivity contribution is 0.0334. The smallest absolute Gasteiger partial charge is 0.408 e. The first-order chi connectivity index (χ1) is 6.79. The monoisotopic (exact) mass is 215 g/mol. The minimum absolute atomic E-state index is 0.0486. The van der Waals surface area contributed by atoms with Crippen molar-refractivity contribution in [2.24, 2.45) is 5.10 Å². The van der Waals surface area contributed by atoms with Gasteiger partial charge >= 0.3 is 6.09 Å². The third kappa shape index (κ3) is 1.79. The fourth-order valence-electron chi connectivity index (χ4n) is 1.85. The van der Waals surface area contributed by atoms with Crippen LogP contribution in [0.4, 0.5) is 4.79 Å². The van der Waals surface area contributed by atoms with E-state index in [2.05, 4.69) is 5.10 Å². The Morgan fingerprint density at radius 1 is 1.57 bits per heavy atom. The number of hydrogen-bond donors (Lipinski definition) is 1. The van der Waals surface area contributed by atoms with Gasteiger partial charge in [-0.2, -0.15) is 5.10 Å². The van der Waals surface area contributed by atoms with Crippen molar-refractivity contribution in [2.75, 3.05) is 12.4 Å². The van der Waals surface area contributed by atoms with Crippen molar-refractivity contribution >= 4 is 23.4 Å². The molecule has 0 aliphatic carbocycles. The average Bonchev–Trinajstić information content (AvgIpc) is 2.70. The van der Waals surface area contributed by atoms with Crippen LogP contribution in [0, 0.1) is 0 Å². The second kappa shape index (κ2) is 4.08. The minimum Gasteiger partial charge on any atom is -0.465 e. The van der Waals surface area contributed by atoms with Gasteiger partial charge in [0.15, 0.2) is 0 Å². The maximum atomic E-state index is 11.0. The van der Waals surface area contributed by atoms with E-state index in [1.807, 2.05) is 5.01 Å². The van der Waals surface area contributed by atoms with Crippen molar-refractivity contribution in [1.82, 2.24) is 9.91 Å². The number of carboxylic acid groups (broad SMARTS) is 1. The van der Waals surface area contributed by atoms with Crippen LogP contribution in [0.5, 0.6) is 0 Å². The standard InChI is InChI=1S/C8H13N3O2S/c12-8(13)10-4-2-1-3-7(10)11-6-14-5-9-11/h5,7H,1-4,6H2,(H,12,13). The molecule has 2 rings (SSSR count). The van der Waals surface area contributed by atoms with Gasteiger partial charge in [0, 0.05) is 6.54 Å². The van der Waals surface area contributed by atoms with Gasteiger partial charge in [0.05, 0.1) is 11.4 Å². The topological polar surface area (TPSA) is 56.1 Å². The Morgan fingerprint density at radius 3 is 3.07 bits per heavy atom. The van der Waals surface area contributed by atoms with Crippen molar-refractivity contribution in [2.45, 2.75) is 25.4 Å². The number of nitrogens with zero attached hydrogens (tertiary/aromatic N) is 3. The highest BCUT2D eigenvalue weighted by Gasteiger charge is 2.31. The Morgan fingerprint density at radius 2 is 2.43 bits per heavy atom. The van der Waals surface area contributed by atoms with Crippen LogP contribution in [0.25, 0.3) is 0 Å². The van der Waals surface area contributed by atoms with Gasteiger partial charge in [-0.05, 0) is 19.3 Å². The second-order valence-electron chi connectivity index (χ2n) is 3.41. The molecule has 14 heavy (non-hydrogen) atoms. The van der Waals surface area contributed by atoms with Crippen LogP contribution >= 0.6 is 11.8 Å². The van der Waals surface area contributed by atoms with Gasteiger partial charge in [0.25, 0.3) is 0 Å². The van der Waals surface area contributed by atoms with Crippen LogP contribution in [0.15, 0.2) is 5.10 Å². The summed E-state index contributed by atoms with van der Waals surface area (Å²) < 4.78 is 0. The molecule has 0 aromatic heterocycles. The molecule has 1 saturated heterocycles. The zero-order chi connectivity index (χ0) is 9.97. The summed E-state index contributed by atoms with van der Waals surface area (Å²) in [5.74, 6) is 0.772. The number of carbonyl (C=O) groups is 1. The SMILES string of the molecule is O=C(O)N1CCCCC1N1CSC=N1. The Bertz CT molecular complexity index is 259. The van der Waals surface area contributed by atoms with E-state index >= 15 is 0 Å². The van der Waals surface area contributed by atoms with Crippen molar-refractivity contribution in [3.05, 3.63) is 0 Å². The van der Waals surface area contributed by atoms with Crippen LogP contribution < -0.4 is 0 Å². The summed E-state index contributed by atoms with van der Waals surface area (Å²) in [6.45, 7) is 0.636. The summed E-state index contributed by atoms with van der Waals surface area (Å²) in [6, 6.07) is 0. The molecule has 0 spiro atoms. The summed E-state index contributed by atoms with van der Waals surface area (Å²) in [7, 11) is 0. The number of thioether (sulfide) groups is 1. The number of likely N-dealkylation sites (tertiary alicyclic amines) is 1. The maximum Gasteiger partial charge on any atom is 0.408 e. The molecule has 2 heterocycles. The Hall–Kier alpha value is -0.910. The normalized spacial score (nSPS) is 27.0. The first-order valence-electron chi connectivity index (χ1n) is 4.69. The molecular formula is C8H13N3O2S. The van der Waals surface area contributed by atoms with Crippen molar-refractivity contribution in [3.8, 4) is 0 Å². The first kappa shape index (κ1) is 9.64. The Labute approximate surface area is 86.7 Å². The van der Waals surface area contributed by atoms with E-state index < -0.39 is 6.09 Å². The molecule has 0 bridgehead atoms. The van der Waals surface area contributed by atoms with E-state index in [0.29, 0.717) is 6.54 Å². The summed E-state index contributed by atoms with van der Waals surface area (Å²) in [5, 5.41) is 15.0. The lowest BCUT2D eigenvalue weighted by atomic mass is 10.1. The third-order valence-electron chi connectivity index (χ3n) is 2.54. The van der Waals surface area contributed by atoms with Gasteiger partial charge < -0.3 is 5.11 Å². The largest absolute Gasteiger partial charge is 0.465 e. The molecule has 1 amide bonds. The molecule has 2 aliphatic rings. The van der Waals surface area contributed by atoms with E-state index in [-0.39, 0.29) is 6.17 Å². The fourth-order valence-corrected chi connectivity index (χ4v) is 2.49. The predicted octanol–water partition coefficient (Wildman–Crippen LogP) is 1.43. The van der Waals surface area contributed by atoms with Crippen LogP contribution in [-0.4, -0.2) is 45.2 Å². The van der Waals surface area contributed by atoms with Crippen LogP contribution in [0.1, 0.15) is 19.3 Å². The third-order valence-corrected chi connectivity index (χ3v) is 3.19. The minimum atomic E-state index is -0.832. The van der Waals surface area contributed by atoms with Gasteiger partial charge in [-0.25, -0.2) is 4.79 Å². The van der Waals surface area contributed by atoms with Gasteiger partial charge in [0.2, 0.25) is 0 Å². The van der Waals surface area contributed by atoms with E-state index in [1.54, 1.807) is 17.3 Å². The molecule has 6 heteroatoms. The summed E-state index contributed by atoms with van der Waals surface area (Å²) in [4.78, 5) is 12.5. The number of piperidine rings is 1. The van der Waals surface area contributed by atoms with Crippen molar-refractivity contribution in [1.29, 1.82) is 0 Å². The first-order valence-corrected chi connectivity index (χ1v) is 5.74. The maximum absolute atomic E-state index is 11.0. The van der Waals surface area contributed by atoms with Gasteiger partial charge in [-0.15, -0.1) is 0 Å². The summed E-state index contributed by atoms with van der Waals surface area (Å²) >= 11 is 1.60. The van der Waals surface area contributed by atoms with Crippen LogP contribution in [0.2, 0.25) is 0 Å². The summed E-state index contributed by atoms with van der Waals surface area (Å²) in [5.41, 5.74) is 1.77. The van der Waals surface area contributed by atoms with Gasteiger partial charge in [-0.3, -0.25) is 9.91 Å². The lowest BCUT2D eigenvalue weighted by Crippen LogP contribution is -2.50. The quantitative estimate of drug-likeness (QED) is 0.719. The summed E-state index contributed by atoms with van der Waals surface area (Å²) in [6.07, 6.45) is 2.07. The number of hydrogen-bond acceptors (Lipinski definition) is 4. The molecule has 78 valence electrons. The number of rotatable bonds is 1. The Balaban J connectivity index is 2.05. The molecule has 0 aromatic carbocycles. The molecule has 0 aromatic rings. The van der Waals surface area contributed by atoms with Crippen LogP contribution in [0.3, 0.4) is 0 Å². The van der Waals surface area contributed by atoms with E-state index in [0.717, 1.165) is 25.1 Å².